The van der Waals surface area contributed by atoms with Crippen LogP contribution in [0, 0.1) is 11.6 Å². The lowest BCUT2D eigenvalue weighted by Gasteiger charge is -2.23. The number of ether oxygens (including phenoxy) is 1. The van der Waals surface area contributed by atoms with Gasteiger partial charge in [0.05, 0.1) is 23.5 Å². The molecule has 1 aliphatic heterocycles. The van der Waals surface area contributed by atoms with Crippen LogP contribution in [0.1, 0.15) is 30.0 Å². The first kappa shape index (κ1) is 23.1. The molecule has 11 heteroatoms. The van der Waals surface area contributed by atoms with E-state index in [2.05, 4.69) is 25.5 Å². The maximum absolute atomic E-state index is 14.6. The minimum Gasteiger partial charge on any atom is -0.381 e. The van der Waals surface area contributed by atoms with E-state index in [4.69, 9.17) is 16.3 Å². The zero-order chi connectivity index (χ0) is 24.4. The average Bonchev–Trinajstić information content (AvgIpc) is 3.39. The van der Waals surface area contributed by atoms with Gasteiger partial charge in [-0.2, -0.15) is 5.10 Å². The summed E-state index contributed by atoms with van der Waals surface area (Å²) in [5.41, 5.74) is 1.02. The van der Waals surface area contributed by atoms with Crippen molar-refractivity contribution in [1.82, 2.24) is 24.7 Å². The Hall–Kier alpha value is -3.63. The zero-order valence-electron chi connectivity index (χ0n) is 18.4. The van der Waals surface area contributed by atoms with Crippen molar-refractivity contribution >= 4 is 17.5 Å². The first-order valence-corrected chi connectivity index (χ1v) is 11.4. The van der Waals surface area contributed by atoms with Crippen LogP contribution in [0.3, 0.4) is 0 Å². The molecule has 180 valence electrons. The lowest BCUT2D eigenvalue weighted by Crippen LogP contribution is -2.28. The molecule has 0 saturated carbocycles. The van der Waals surface area contributed by atoms with Gasteiger partial charge in [0, 0.05) is 48.8 Å². The highest BCUT2D eigenvalue weighted by atomic mass is 35.5. The van der Waals surface area contributed by atoms with E-state index in [-0.39, 0.29) is 22.7 Å². The van der Waals surface area contributed by atoms with Crippen LogP contribution in [-0.4, -0.2) is 44.0 Å². The van der Waals surface area contributed by atoms with Crippen molar-refractivity contribution < 1.29 is 13.5 Å². The molecule has 3 aromatic heterocycles. The third kappa shape index (κ3) is 4.94. The topological polar surface area (TPSA) is 97.7 Å². The lowest BCUT2D eigenvalue weighted by atomic mass is 10.0. The summed E-state index contributed by atoms with van der Waals surface area (Å²) in [7, 11) is 0. The largest absolute Gasteiger partial charge is 0.381 e. The molecule has 1 saturated heterocycles. The Morgan fingerprint density at radius 3 is 2.66 bits per heavy atom. The fraction of sp³-hybridized carbons (Fsp3) is 0.250. The van der Waals surface area contributed by atoms with Gasteiger partial charge in [0.15, 0.2) is 5.82 Å². The summed E-state index contributed by atoms with van der Waals surface area (Å²) in [5.74, 6) is -0.967. The zero-order valence-corrected chi connectivity index (χ0v) is 19.2. The Bertz CT molecular complexity index is 1390. The standard InChI is InChI=1S/C24H21ClF2N6O2/c25-18-2-1-15(9-19(18)26)23(16-11-29-30-12-16)33-6-3-14(10-21(33)34)22-20(27)13-28-24(32-22)31-17-4-7-35-8-5-17/h1-3,6,9-13,17,23H,4-5,7-8H2,(H,29,30)(H,28,31,32). The smallest absolute Gasteiger partial charge is 0.252 e. The number of aromatic amines is 1. The third-order valence-electron chi connectivity index (χ3n) is 5.89. The molecule has 1 fully saturated rings. The van der Waals surface area contributed by atoms with Crippen LogP contribution < -0.4 is 10.9 Å². The Morgan fingerprint density at radius 1 is 1.11 bits per heavy atom. The Morgan fingerprint density at radius 2 is 1.94 bits per heavy atom. The van der Waals surface area contributed by atoms with Crippen molar-refractivity contribution in [2.24, 2.45) is 0 Å². The molecule has 1 atom stereocenters. The van der Waals surface area contributed by atoms with Gasteiger partial charge in [0.25, 0.3) is 5.56 Å². The van der Waals surface area contributed by atoms with E-state index in [0.717, 1.165) is 19.0 Å². The number of hydrogen-bond acceptors (Lipinski definition) is 6. The quantitative estimate of drug-likeness (QED) is 0.414. The highest BCUT2D eigenvalue weighted by molar-refractivity contribution is 6.30. The van der Waals surface area contributed by atoms with Crippen LogP contribution in [-0.2, 0) is 4.74 Å². The number of pyridine rings is 1. The third-order valence-corrected chi connectivity index (χ3v) is 6.20. The summed E-state index contributed by atoms with van der Waals surface area (Å²) in [4.78, 5) is 21.6. The molecule has 1 aliphatic rings. The highest BCUT2D eigenvalue weighted by Crippen LogP contribution is 2.29. The van der Waals surface area contributed by atoms with Crippen LogP contribution in [0.25, 0.3) is 11.3 Å². The second-order valence-electron chi connectivity index (χ2n) is 8.19. The van der Waals surface area contributed by atoms with Crippen molar-refractivity contribution in [2.75, 3.05) is 18.5 Å². The van der Waals surface area contributed by atoms with E-state index in [0.29, 0.717) is 29.9 Å². The average molecular weight is 499 g/mol. The Kier molecular flexibility index (Phi) is 6.56. The molecule has 4 heterocycles. The van der Waals surface area contributed by atoms with E-state index in [1.807, 2.05) is 0 Å². The number of halogens is 3. The number of rotatable bonds is 6. The second kappa shape index (κ2) is 9.93. The molecule has 0 amide bonds. The number of benzene rings is 1. The Balaban J connectivity index is 1.50. The van der Waals surface area contributed by atoms with Gasteiger partial charge in [-0.1, -0.05) is 17.7 Å². The van der Waals surface area contributed by atoms with E-state index in [9.17, 15) is 13.6 Å². The maximum atomic E-state index is 14.6. The monoisotopic (exact) mass is 498 g/mol. The van der Waals surface area contributed by atoms with Gasteiger partial charge in [0.1, 0.15) is 11.5 Å². The molecular weight excluding hydrogens is 478 g/mol. The molecule has 4 aromatic rings. The predicted molar refractivity (Wildman–Crippen MR) is 126 cm³/mol. The van der Waals surface area contributed by atoms with Crippen molar-refractivity contribution in [3.05, 3.63) is 93.3 Å². The molecule has 8 nitrogen and oxygen atoms in total. The van der Waals surface area contributed by atoms with Crippen LogP contribution in [0.2, 0.25) is 5.02 Å². The summed E-state index contributed by atoms with van der Waals surface area (Å²) < 4.78 is 35.6. The summed E-state index contributed by atoms with van der Waals surface area (Å²) in [6.45, 7) is 1.28. The SMILES string of the molecule is O=c1cc(-c2nc(NC3CCOCC3)ncc2F)ccn1C(c1cn[nH]c1)c1ccc(Cl)c(F)c1. The number of H-pyrrole nitrogens is 1. The first-order valence-electron chi connectivity index (χ1n) is 11.0. The molecule has 0 spiro atoms. The van der Waals surface area contributed by atoms with E-state index in [1.165, 1.54) is 29.0 Å². The van der Waals surface area contributed by atoms with Crippen molar-refractivity contribution in [3.8, 4) is 11.3 Å². The van der Waals surface area contributed by atoms with E-state index in [1.54, 1.807) is 24.5 Å². The van der Waals surface area contributed by atoms with Gasteiger partial charge in [-0.25, -0.2) is 18.7 Å². The minimum atomic E-state index is -0.678. The van der Waals surface area contributed by atoms with Crippen molar-refractivity contribution in [2.45, 2.75) is 24.9 Å². The predicted octanol–water partition coefficient (Wildman–Crippen LogP) is 4.19. The van der Waals surface area contributed by atoms with Gasteiger partial charge in [-0.3, -0.25) is 9.89 Å². The van der Waals surface area contributed by atoms with Crippen LogP contribution >= 0.6 is 11.6 Å². The van der Waals surface area contributed by atoms with Crippen LogP contribution in [0.15, 0.2) is 59.9 Å². The molecule has 0 radical (unpaired) electrons. The second-order valence-corrected chi connectivity index (χ2v) is 8.60. The molecular formula is C24H21ClF2N6O2. The number of aromatic nitrogens is 5. The molecule has 2 N–H and O–H groups in total. The fourth-order valence-corrected chi connectivity index (χ4v) is 4.24. The lowest BCUT2D eigenvalue weighted by molar-refractivity contribution is 0.0903. The van der Waals surface area contributed by atoms with Crippen LogP contribution in [0.5, 0.6) is 0 Å². The molecule has 5 rings (SSSR count). The summed E-state index contributed by atoms with van der Waals surface area (Å²) in [6.07, 6.45) is 7.38. The highest BCUT2D eigenvalue weighted by Gasteiger charge is 2.21. The number of nitrogens with zero attached hydrogens (tertiary/aromatic N) is 4. The molecule has 35 heavy (non-hydrogen) atoms. The minimum absolute atomic E-state index is 0.0104. The fourth-order valence-electron chi connectivity index (χ4n) is 4.12. The first-order chi connectivity index (χ1) is 17.0. The summed E-state index contributed by atoms with van der Waals surface area (Å²) in [5, 5.41) is 9.85. The van der Waals surface area contributed by atoms with Gasteiger partial charge in [0.2, 0.25) is 5.95 Å². The van der Waals surface area contributed by atoms with Crippen molar-refractivity contribution in [3.63, 3.8) is 0 Å². The number of hydrogen-bond donors (Lipinski definition) is 2. The molecule has 1 unspecified atom stereocenters. The van der Waals surface area contributed by atoms with Crippen LogP contribution in [0.4, 0.5) is 14.7 Å². The Labute approximate surface area is 204 Å². The number of anilines is 1. The normalized spacial score (nSPS) is 15.2. The van der Waals surface area contributed by atoms with Crippen molar-refractivity contribution in [1.29, 1.82) is 0 Å². The molecule has 0 bridgehead atoms. The van der Waals surface area contributed by atoms with E-state index < -0.39 is 23.2 Å². The molecule has 1 aromatic carbocycles. The van der Waals surface area contributed by atoms with Gasteiger partial charge >= 0.3 is 0 Å². The number of nitrogens with one attached hydrogen (secondary N) is 2. The summed E-state index contributed by atoms with van der Waals surface area (Å²) in [6, 6.07) is 6.68. The summed E-state index contributed by atoms with van der Waals surface area (Å²) >= 11 is 5.84. The maximum Gasteiger partial charge on any atom is 0.252 e. The molecule has 0 aliphatic carbocycles. The van der Waals surface area contributed by atoms with Gasteiger partial charge in [-0.15, -0.1) is 0 Å². The van der Waals surface area contributed by atoms with Gasteiger partial charge in [-0.05, 0) is 36.6 Å². The van der Waals surface area contributed by atoms with E-state index >= 15 is 0 Å². The van der Waals surface area contributed by atoms with Gasteiger partial charge < -0.3 is 14.6 Å².